The van der Waals surface area contributed by atoms with Gasteiger partial charge in [0.05, 0.1) is 6.10 Å². The van der Waals surface area contributed by atoms with Crippen LogP contribution in [0.25, 0.3) is 0 Å². The molecular formula is C16H20ClN3O. The van der Waals surface area contributed by atoms with Gasteiger partial charge in [0.2, 0.25) is 5.88 Å². The molecule has 0 bridgehead atoms. The molecule has 1 heterocycles. The lowest BCUT2D eigenvalue weighted by Crippen LogP contribution is -2.24. The fourth-order valence-corrected chi connectivity index (χ4v) is 2.16. The van der Waals surface area contributed by atoms with Gasteiger partial charge in [-0.1, -0.05) is 30.3 Å². The minimum Gasteiger partial charge on any atom is -0.475 e. The van der Waals surface area contributed by atoms with Gasteiger partial charge in [0, 0.05) is 18.0 Å². The van der Waals surface area contributed by atoms with Crippen molar-refractivity contribution >= 4 is 17.4 Å². The molecule has 0 aliphatic carbocycles. The van der Waals surface area contributed by atoms with Crippen molar-refractivity contribution in [3.05, 3.63) is 48.3 Å². The van der Waals surface area contributed by atoms with Crippen LogP contribution in [0.4, 0.5) is 5.82 Å². The van der Waals surface area contributed by atoms with Gasteiger partial charge in [-0.25, -0.2) is 9.97 Å². The molecule has 0 fully saturated rings. The van der Waals surface area contributed by atoms with Crippen LogP contribution in [0.3, 0.4) is 0 Å². The van der Waals surface area contributed by atoms with Gasteiger partial charge >= 0.3 is 0 Å². The lowest BCUT2D eigenvalue weighted by atomic mass is 10.1. The molecule has 1 atom stereocenters. The van der Waals surface area contributed by atoms with Crippen molar-refractivity contribution in [2.45, 2.75) is 32.4 Å². The fraction of sp³-hybridized carbons (Fsp3) is 0.375. The van der Waals surface area contributed by atoms with E-state index in [4.69, 9.17) is 16.3 Å². The maximum Gasteiger partial charge on any atom is 0.218 e. The van der Waals surface area contributed by atoms with Gasteiger partial charge in [0.1, 0.15) is 12.1 Å². The number of ether oxygens (including phenoxy) is 1. The molecule has 1 aromatic carbocycles. The van der Waals surface area contributed by atoms with Crippen LogP contribution in [-0.2, 0) is 6.42 Å². The van der Waals surface area contributed by atoms with Crippen LogP contribution in [0.5, 0.6) is 5.88 Å². The summed E-state index contributed by atoms with van der Waals surface area (Å²) in [4.78, 5) is 8.31. The highest BCUT2D eigenvalue weighted by Gasteiger charge is 2.10. The van der Waals surface area contributed by atoms with Gasteiger partial charge in [0.25, 0.3) is 0 Å². The van der Waals surface area contributed by atoms with E-state index in [9.17, 15) is 0 Å². The third kappa shape index (κ3) is 5.23. The minimum absolute atomic E-state index is 0.0842. The number of hydrogen-bond donors (Lipinski definition) is 1. The second kappa shape index (κ2) is 7.84. The Bertz CT molecular complexity index is 548. The first-order chi connectivity index (χ1) is 10.2. The molecule has 1 N–H and O–H groups in total. The third-order valence-corrected chi connectivity index (χ3v) is 3.23. The number of halogens is 1. The summed E-state index contributed by atoms with van der Waals surface area (Å²) >= 11 is 6.05. The smallest absolute Gasteiger partial charge is 0.218 e. The number of aromatic nitrogens is 2. The largest absolute Gasteiger partial charge is 0.475 e. The number of rotatable bonds is 7. The Kier molecular flexibility index (Phi) is 5.81. The van der Waals surface area contributed by atoms with Gasteiger partial charge in [-0.3, -0.25) is 0 Å². The SMILES string of the molecule is CC(C)Oc1cc(NC(CCl)Cc2ccccc2)ncn1. The van der Waals surface area contributed by atoms with Crippen molar-refractivity contribution in [1.29, 1.82) is 0 Å². The van der Waals surface area contributed by atoms with Gasteiger partial charge in [0.15, 0.2) is 0 Å². The monoisotopic (exact) mass is 305 g/mol. The summed E-state index contributed by atoms with van der Waals surface area (Å²) in [7, 11) is 0. The lowest BCUT2D eigenvalue weighted by molar-refractivity contribution is 0.232. The zero-order chi connectivity index (χ0) is 15.1. The summed E-state index contributed by atoms with van der Waals surface area (Å²) < 4.78 is 5.56. The van der Waals surface area contributed by atoms with Crippen molar-refractivity contribution < 1.29 is 4.74 Å². The van der Waals surface area contributed by atoms with Gasteiger partial charge in [-0.05, 0) is 25.8 Å². The Morgan fingerprint density at radius 3 is 2.62 bits per heavy atom. The molecule has 2 aromatic rings. The summed E-state index contributed by atoms with van der Waals surface area (Å²) in [5.41, 5.74) is 1.24. The van der Waals surface area contributed by atoms with Gasteiger partial charge in [-0.15, -0.1) is 11.6 Å². The van der Waals surface area contributed by atoms with E-state index in [-0.39, 0.29) is 12.1 Å². The molecule has 0 aliphatic rings. The molecule has 1 unspecified atom stereocenters. The first-order valence-corrected chi connectivity index (χ1v) is 7.56. The zero-order valence-electron chi connectivity index (χ0n) is 12.3. The van der Waals surface area contributed by atoms with Crippen molar-refractivity contribution in [3.8, 4) is 5.88 Å². The molecule has 0 radical (unpaired) electrons. The number of benzene rings is 1. The normalized spacial score (nSPS) is 12.2. The average molecular weight is 306 g/mol. The summed E-state index contributed by atoms with van der Waals surface area (Å²) in [6, 6.07) is 12.1. The summed E-state index contributed by atoms with van der Waals surface area (Å²) in [6.45, 7) is 3.93. The second-order valence-electron chi connectivity index (χ2n) is 5.09. The van der Waals surface area contributed by atoms with E-state index in [0.717, 1.165) is 12.2 Å². The number of nitrogens with one attached hydrogen (secondary N) is 1. The highest BCUT2D eigenvalue weighted by Crippen LogP contribution is 2.15. The second-order valence-corrected chi connectivity index (χ2v) is 5.40. The van der Waals surface area contributed by atoms with E-state index in [1.165, 1.54) is 11.9 Å². The van der Waals surface area contributed by atoms with Crippen LogP contribution >= 0.6 is 11.6 Å². The molecule has 112 valence electrons. The van der Waals surface area contributed by atoms with Crippen LogP contribution in [0.15, 0.2) is 42.7 Å². The molecule has 0 amide bonds. The van der Waals surface area contributed by atoms with Crippen LogP contribution in [0, 0.1) is 0 Å². The predicted molar refractivity (Wildman–Crippen MR) is 86.1 cm³/mol. The van der Waals surface area contributed by atoms with Crippen molar-refractivity contribution in [2.24, 2.45) is 0 Å². The maximum atomic E-state index is 6.05. The molecule has 0 aliphatic heterocycles. The number of nitrogens with zero attached hydrogens (tertiary/aromatic N) is 2. The van der Waals surface area contributed by atoms with Crippen LogP contribution in [0.1, 0.15) is 19.4 Å². The number of hydrogen-bond acceptors (Lipinski definition) is 4. The summed E-state index contributed by atoms with van der Waals surface area (Å²) in [6.07, 6.45) is 2.42. The minimum atomic E-state index is 0.0842. The average Bonchev–Trinajstić information content (AvgIpc) is 2.47. The molecule has 5 heteroatoms. The Balaban J connectivity index is 2.01. The van der Waals surface area contributed by atoms with Gasteiger partial charge < -0.3 is 10.1 Å². The van der Waals surface area contributed by atoms with Crippen LogP contribution < -0.4 is 10.1 Å². The van der Waals surface area contributed by atoms with Crippen molar-refractivity contribution in [2.75, 3.05) is 11.2 Å². The zero-order valence-corrected chi connectivity index (χ0v) is 13.0. The molecule has 4 nitrogen and oxygen atoms in total. The summed E-state index contributed by atoms with van der Waals surface area (Å²) in [5.74, 6) is 1.79. The van der Waals surface area contributed by atoms with Crippen LogP contribution in [0.2, 0.25) is 0 Å². The molecule has 21 heavy (non-hydrogen) atoms. The Hall–Kier alpha value is -1.81. The van der Waals surface area contributed by atoms with E-state index in [1.54, 1.807) is 6.07 Å². The van der Waals surface area contributed by atoms with Gasteiger partial charge in [-0.2, -0.15) is 0 Å². The fourth-order valence-electron chi connectivity index (χ4n) is 1.98. The Labute approximate surface area is 130 Å². The Morgan fingerprint density at radius 1 is 1.19 bits per heavy atom. The predicted octanol–water partition coefficient (Wildman–Crippen LogP) is 3.53. The quantitative estimate of drug-likeness (QED) is 0.795. The number of anilines is 1. The highest BCUT2D eigenvalue weighted by atomic mass is 35.5. The van der Waals surface area contributed by atoms with E-state index in [2.05, 4.69) is 27.4 Å². The third-order valence-electron chi connectivity index (χ3n) is 2.86. The molecule has 2 rings (SSSR count). The van der Waals surface area contributed by atoms with E-state index >= 15 is 0 Å². The first-order valence-electron chi connectivity index (χ1n) is 7.02. The van der Waals surface area contributed by atoms with E-state index in [0.29, 0.717) is 11.8 Å². The van der Waals surface area contributed by atoms with E-state index in [1.807, 2.05) is 32.0 Å². The highest BCUT2D eigenvalue weighted by molar-refractivity contribution is 6.18. The maximum absolute atomic E-state index is 6.05. The number of alkyl halides is 1. The molecular weight excluding hydrogens is 286 g/mol. The molecule has 0 saturated carbocycles. The molecule has 1 aromatic heterocycles. The topological polar surface area (TPSA) is 47.0 Å². The van der Waals surface area contributed by atoms with Crippen LogP contribution in [-0.4, -0.2) is 28.0 Å². The standard InChI is InChI=1S/C16H20ClN3O/c1-12(2)21-16-9-15(18-11-19-16)20-14(10-17)8-13-6-4-3-5-7-13/h3-7,9,11-12,14H,8,10H2,1-2H3,(H,18,19,20). The molecule has 0 spiro atoms. The van der Waals surface area contributed by atoms with E-state index < -0.39 is 0 Å². The first kappa shape index (κ1) is 15.6. The summed E-state index contributed by atoms with van der Waals surface area (Å²) in [5, 5.41) is 3.33. The molecule has 0 saturated heterocycles. The van der Waals surface area contributed by atoms with Crippen molar-refractivity contribution in [3.63, 3.8) is 0 Å². The van der Waals surface area contributed by atoms with Crippen molar-refractivity contribution in [1.82, 2.24) is 9.97 Å². The Morgan fingerprint density at radius 2 is 1.95 bits per heavy atom. The lowest BCUT2D eigenvalue weighted by Gasteiger charge is -2.17.